The number of aryl methyl sites for hydroxylation is 1. The smallest absolute Gasteiger partial charge is 0.137 e. The molecule has 0 fully saturated rings. The first-order valence-electron chi connectivity index (χ1n) is 15.7. The van der Waals surface area contributed by atoms with Gasteiger partial charge in [-0.3, -0.25) is 4.98 Å². The van der Waals surface area contributed by atoms with E-state index < -0.39 is 8.07 Å². The molecule has 0 radical (unpaired) electrons. The molecule has 2 heterocycles. The van der Waals surface area contributed by atoms with E-state index in [-0.39, 0.29) is 5.41 Å². The van der Waals surface area contributed by atoms with Crippen LogP contribution in [-0.2, 0) is 5.41 Å². The molecule has 214 valence electrons. The first-order valence-corrected chi connectivity index (χ1v) is 18.7. The Morgan fingerprint density at radius 2 is 1.37 bits per heavy atom. The van der Waals surface area contributed by atoms with E-state index >= 15 is 0 Å². The van der Waals surface area contributed by atoms with Crippen molar-refractivity contribution >= 4 is 50.0 Å². The summed E-state index contributed by atoms with van der Waals surface area (Å²) in [5.74, 6) is 0. The Morgan fingerprint density at radius 3 is 1.98 bits per heavy atom. The molecule has 2 aromatic heterocycles. The molecule has 3 heteroatoms. The van der Waals surface area contributed by atoms with Crippen molar-refractivity contribution in [3.63, 3.8) is 0 Å². The fourth-order valence-electron chi connectivity index (χ4n) is 7.70. The average molecular weight is 578 g/mol. The van der Waals surface area contributed by atoms with E-state index in [9.17, 15) is 0 Å². The van der Waals surface area contributed by atoms with E-state index in [4.69, 9.17) is 4.98 Å². The van der Waals surface area contributed by atoms with E-state index in [0.717, 1.165) is 5.69 Å². The van der Waals surface area contributed by atoms with Crippen LogP contribution < -0.4 is 9.69 Å². The van der Waals surface area contributed by atoms with Gasteiger partial charge < -0.3 is 0 Å². The van der Waals surface area contributed by atoms with Crippen LogP contribution in [0.4, 0.5) is 0 Å². The number of hydrogen-bond acceptors (Lipinski definition) is 2. The van der Waals surface area contributed by atoms with E-state index in [0.29, 0.717) is 11.1 Å². The van der Waals surface area contributed by atoms with Crippen LogP contribution in [-0.4, -0.2) is 13.1 Å². The van der Waals surface area contributed by atoms with Gasteiger partial charge in [0.2, 0.25) is 0 Å². The molecule has 0 aliphatic rings. The van der Waals surface area contributed by atoms with E-state index in [1.54, 1.807) is 9.69 Å². The molecular weight excluding hydrogens is 531 g/mol. The summed E-state index contributed by atoms with van der Waals surface area (Å²) in [7, 11) is -2.15. The lowest BCUT2D eigenvalue weighted by atomic mass is 9.82. The molecule has 5 rings (SSSR count). The van der Waals surface area contributed by atoms with Crippen LogP contribution in [0.5, 0.6) is 0 Å². The zero-order valence-corrected chi connectivity index (χ0v) is 28.2. The van der Waals surface area contributed by atoms with Crippen LogP contribution in [0.25, 0.3) is 32.1 Å². The van der Waals surface area contributed by atoms with Crippen LogP contribution >= 0.6 is 11.3 Å². The van der Waals surface area contributed by atoms with Gasteiger partial charge >= 0.3 is 0 Å². The molecule has 0 atom stereocenters. The molecular formula is C38H47NSSi. The zero-order chi connectivity index (χ0) is 29.4. The summed E-state index contributed by atoms with van der Waals surface area (Å²) in [6, 6.07) is 27.6. The minimum atomic E-state index is -2.15. The quantitative estimate of drug-likeness (QED) is 0.159. The minimum absolute atomic E-state index is 0.0420. The van der Waals surface area contributed by atoms with E-state index in [2.05, 4.69) is 140 Å². The van der Waals surface area contributed by atoms with Gasteiger partial charge in [-0.1, -0.05) is 134 Å². The lowest BCUT2D eigenvalue weighted by Crippen LogP contribution is -2.64. The number of aromatic nitrogens is 1. The maximum Gasteiger partial charge on any atom is 0.137 e. The number of thiophene rings is 1. The Morgan fingerprint density at radius 1 is 0.756 bits per heavy atom. The summed E-state index contributed by atoms with van der Waals surface area (Å²) >= 11 is 2.08. The lowest BCUT2D eigenvalue weighted by molar-refractivity contribution is 0.596. The highest BCUT2D eigenvalue weighted by Crippen LogP contribution is 2.45. The Hall–Kier alpha value is -2.75. The number of rotatable bonds is 9. The van der Waals surface area contributed by atoms with Crippen molar-refractivity contribution in [1.29, 1.82) is 0 Å². The third-order valence-electron chi connectivity index (χ3n) is 9.68. The van der Waals surface area contributed by atoms with Crippen LogP contribution in [0, 0.1) is 6.92 Å². The molecule has 0 saturated carbocycles. The topological polar surface area (TPSA) is 12.9 Å². The second kappa shape index (κ2) is 11.9. The summed E-state index contributed by atoms with van der Waals surface area (Å²) < 4.78 is 3.05. The van der Waals surface area contributed by atoms with E-state index in [1.807, 2.05) is 6.20 Å². The van der Waals surface area contributed by atoms with Crippen LogP contribution in [0.15, 0.2) is 79.0 Å². The predicted octanol–water partition coefficient (Wildman–Crippen LogP) is 10.7. The van der Waals surface area contributed by atoms with Crippen molar-refractivity contribution in [2.75, 3.05) is 0 Å². The largest absolute Gasteiger partial charge is 0.255 e. The van der Waals surface area contributed by atoms with Crippen LogP contribution in [0.3, 0.4) is 0 Å². The number of fused-ring (bicyclic) bond motifs is 2. The standard InChI is InChI=1S/C38H47NSSi/c1-9-29(10-2)41(30(11-3)12-4,31-19-14-13-15-20-31)37-26(5)32-22-23-39-35(36(32)40-37)28-24-27-18-16-17-21-33(27)34(25-28)38(6,7)8/h13-25,29-30H,9-12H2,1-8H3. The second-order valence-corrected chi connectivity index (χ2v) is 18.7. The van der Waals surface area contributed by atoms with Crippen molar-refractivity contribution < 1.29 is 0 Å². The molecule has 3 aromatic carbocycles. The van der Waals surface area contributed by atoms with Crippen LogP contribution in [0.2, 0.25) is 11.1 Å². The third-order valence-corrected chi connectivity index (χ3v) is 18.8. The van der Waals surface area contributed by atoms with Gasteiger partial charge in [-0.15, -0.1) is 11.3 Å². The van der Waals surface area contributed by atoms with E-state index in [1.165, 1.54) is 63.2 Å². The van der Waals surface area contributed by atoms with Crippen molar-refractivity contribution in [1.82, 2.24) is 4.98 Å². The molecule has 0 aliphatic carbocycles. The van der Waals surface area contributed by atoms with Crippen LogP contribution in [0.1, 0.15) is 85.3 Å². The number of pyridine rings is 1. The molecule has 0 amide bonds. The van der Waals surface area contributed by atoms with Gasteiger partial charge in [0.05, 0.1) is 10.4 Å². The molecule has 41 heavy (non-hydrogen) atoms. The Kier molecular flexibility index (Phi) is 8.60. The van der Waals surface area contributed by atoms with Gasteiger partial charge in [0.15, 0.2) is 0 Å². The molecule has 0 aliphatic heterocycles. The van der Waals surface area contributed by atoms with Gasteiger partial charge in [0, 0.05) is 16.3 Å². The molecule has 5 aromatic rings. The fourth-order valence-corrected chi connectivity index (χ4v) is 17.8. The molecule has 0 unspecified atom stereocenters. The summed E-state index contributed by atoms with van der Waals surface area (Å²) in [5.41, 5.74) is 6.71. The average Bonchev–Trinajstić information content (AvgIpc) is 3.33. The Bertz CT molecular complexity index is 1620. The highest BCUT2D eigenvalue weighted by molar-refractivity contribution is 7.35. The molecule has 0 spiro atoms. The first kappa shape index (κ1) is 29.7. The van der Waals surface area contributed by atoms with Crippen molar-refractivity contribution in [2.24, 2.45) is 0 Å². The van der Waals surface area contributed by atoms with Gasteiger partial charge in [-0.2, -0.15) is 0 Å². The molecule has 0 bridgehead atoms. The van der Waals surface area contributed by atoms with Crippen molar-refractivity contribution in [3.05, 3.63) is 90.1 Å². The van der Waals surface area contributed by atoms with Crippen molar-refractivity contribution in [2.45, 2.75) is 97.6 Å². The van der Waals surface area contributed by atoms with Crippen molar-refractivity contribution in [3.8, 4) is 11.3 Å². The number of benzene rings is 3. The third kappa shape index (κ3) is 5.00. The number of nitrogens with zero attached hydrogens (tertiary/aromatic N) is 1. The van der Waals surface area contributed by atoms with Gasteiger partial charge in [-0.25, -0.2) is 0 Å². The summed E-state index contributed by atoms with van der Waals surface area (Å²) in [5, 5.41) is 5.65. The molecule has 0 N–H and O–H groups in total. The minimum Gasteiger partial charge on any atom is -0.255 e. The Balaban J connectivity index is 1.86. The monoisotopic (exact) mass is 577 g/mol. The first-order chi connectivity index (χ1) is 19.7. The maximum atomic E-state index is 5.11. The highest BCUT2D eigenvalue weighted by Gasteiger charge is 2.50. The number of hydrogen-bond donors (Lipinski definition) is 0. The molecule has 0 saturated heterocycles. The summed E-state index contributed by atoms with van der Waals surface area (Å²) in [4.78, 5) is 5.11. The predicted molar refractivity (Wildman–Crippen MR) is 186 cm³/mol. The van der Waals surface area contributed by atoms with Gasteiger partial charge in [0.1, 0.15) is 8.07 Å². The van der Waals surface area contributed by atoms with Gasteiger partial charge in [0.25, 0.3) is 0 Å². The SMILES string of the molecule is CCC(CC)[Si](c1ccccc1)(c1sc2c(-c3cc(C(C)(C)C)c4ccccc4c3)nccc2c1C)C(CC)CC. The van der Waals surface area contributed by atoms with Gasteiger partial charge in [-0.05, 0) is 68.9 Å². The normalized spacial score (nSPS) is 12.7. The highest BCUT2D eigenvalue weighted by atomic mass is 32.1. The second-order valence-electron chi connectivity index (χ2n) is 12.8. The Labute approximate surface area is 253 Å². The summed E-state index contributed by atoms with van der Waals surface area (Å²) in [6.07, 6.45) is 6.96. The summed E-state index contributed by atoms with van der Waals surface area (Å²) in [6.45, 7) is 19.1. The zero-order valence-electron chi connectivity index (χ0n) is 26.3. The molecule has 1 nitrogen and oxygen atoms in total. The fraction of sp³-hybridized carbons (Fsp3) is 0.395. The maximum absolute atomic E-state index is 5.11. The lowest BCUT2D eigenvalue weighted by Gasteiger charge is -2.44.